The lowest BCUT2D eigenvalue weighted by atomic mass is 9.87. The molecule has 8 rings (SSSR count). The van der Waals surface area contributed by atoms with E-state index in [4.69, 9.17) is 19.1 Å². The minimum absolute atomic E-state index is 0.0582. The first-order valence-electron chi connectivity index (χ1n) is 21.6. The van der Waals surface area contributed by atoms with Crippen molar-refractivity contribution in [3.63, 3.8) is 0 Å². The van der Waals surface area contributed by atoms with Crippen LogP contribution in [0.3, 0.4) is 0 Å². The van der Waals surface area contributed by atoms with Gasteiger partial charge in [0.1, 0.15) is 11.2 Å². The molecule has 15 heteroatoms. The molecule has 0 saturated carbocycles. The Labute approximate surface area is 389 Å². The second-order valence-electron chi connectivity index (χ2n) is 19.6. The first kappa shape index (κ1) is 48.1. The Morgan fingerprint density at radius 1 is 0.730 bits per heavy atom. The van der Waals surface area contributed by atoms with E-state index in [2.05, 4.69) is 81.2 Å². The zero-order valence-electron chi connectivity index (χ0n) is 38.7. The van der Waals surface area contributed by atoms with E-state index >= 15 is 0 Å². The molecule has 12 nitrogen and oxygen atoms in total. The van der Waals surface area contributed by atoms with Crippen LogP contribution in [0.5, 0.6) is 0 Å². The largest absolute Gasteiger partial charge is 0.444 e. The Hall–Kier alpha value is -4.34. The van der Waals surface area contributed by atoms with Crippen molar-refractivity contribution < 1.29 is 28.7 Å². The number of rotatable bonds is 5. The Morgan fingerprint density at radius 3 is 1.56 bits per heavy atom. The molecule has 0 bridgehead atoms. The molecule has 63 heavy (non-hydrogen) atoms. The Morgan fingerprint density at radius 2 is 1.19 bits per heavy atom. The topological polar surface area (TPSA) is 128 Å². The van der Waals surface area contributed by atoms with Crippen LogP contribution in [0, 0.1) is 25.7 Å². The number of aromatic nitrogens is 2. The van der Waals surface area contributed by atoms with Crippen LogP contribution in [-0.2, 0) is 30.4 Å². The molecular weight excluding hydrogens is 901 g/mol. The number of oxime groups is 2. The molecule has 340 valence electrons. The number of halogens is 1. The summed E-state index contributed by atoms with van der Waals surface area (Å²) in [6.07, 6.45) is 2.54. The maximum Gasteiger partial charge on any atom is 0.410 e. The van der Waals surface area contributed by atoms with Crippen molar-refractivity contribution in [2.45, 2.75) is 143 Å². The fourth-order valence-corrected chi connectivity index (χ4v) is 9.82. The smallest absolute Gasteiger partial charge is 0.410 e. The summed E-state index contributed by atoms with van der Waals surface area (Å²) in [5.41, 5.74) is 8.95. The van der Waals surface area contributed by atoms with Gasteiger partial charge in [-0.2, -0.15) is 0 Å². The number of benzene rings is 2. The summed E-state index contributed by atoms with van der Waals surface area (Å²) in [6, 6.07) is 16.4. The summed E-state index contributed by atoms with van der Waals surface area (Å²) in [5.74, 6) is 0.809. The van der Waals surface area contributed by atoms with Gasteiger partial charge in [0.05, 0.1) is 45.1 Å². The molecule has 0 radical (unpaired) electrons. The molecule has 2 amide bonds. The third kappa shape index (κ3) is 12.3. The van der Waals surface area contributed by atoms with Crippen LogP contribution in [-0.4, -0.2) is 79.8 Å². The molecule has 6 heterocycles. The van der Waals surface area contributed by atoms with Gasteiger partial charge in [0.2, 0.25) is 0 Å². The van der Waals surface area contributed by atoms with Crippen molar-refractivity contribution in [1.29, 1.82) is 0 Å². The second kappa shape index (κ2) is 19.4. The Balaban J connectivity index is 0.000000187. The van der Waals surface area contributed by atoms with Crippen molar-refractivity contribution in [2.75, 3.05) is 13.1 Å². The standard InChI is InChI=1S/C24H31N3O3S.C20H27BrN2O3.C4H5NS/c1-15-11-20(27(13-15)22(28)29-23(3,4)5)19-12-24(6,30-26-19)18-9-7-17(8-10-18)21-16(2)25-14-31-21;1-13-10-17(23(12-13)18(24)25-19(2,3)4)16-11-20(5,26-22-16)14-6-8-15(21)9-7-14;1-4-2-6-3-5-4/h7-10,14-15,20H,11-13H2,1-6H3;6-9,13,17H,10-12H2,1-5H3;2-3H,1H3/t15-,20+,24?;13-,17+,20?;/m11./s1. The van der Waals surface area contributed by atoms with Crippen LogP contribution >= 0.6 is 38.6 Å². The van der Waals surface area contributed by atoms with Crippen LogP contribution in [0.25, 0.3) is 10.4 Å². The quantitative estimate of drug-likeness (QED) is 0.193. The monoisotopic (exact) mass is 962 g/mol. The van der Waals surface area contributed by atoms with E-state index in [0.29, 0.717) is 37.8 Å². The lowest BCUT2D eigenvalue weighted by molar-refractivity contribution is -0.00757. The summed E-state index contributed by atoms with van der Waals surface area (Å²) >= 11 is 6.74. The van der Waals surface area contributed by atoms with E-state index in [0.717, 1.165) is 56.8 Å². The molecule has 2 saturated heterocycles. The van der Waals surface area contributed by atoms with Crippen LogP contribution in [0.2, 0.25) is 0 Å². The van der Waals surface area contributed by atoms with E-state index in [1.165, 1.54) is 4.88 Å². The average molecular weight is 964 g/mol. The number of nitrogens with zero attached hydrogens (tertiary/aromatic N) is 6. The molecule has 0 N–H and O–H groups in total. The van der Waals surface area contributed by atoms with Gasteiger partial charge in [0, 0.05) is 41.5 Å². The number of hydrogen-bond donors (Lipinski definition) is 0. The fourth-order valence-electron chi connectivity index (χ4n) is 8.20. The van der Waals surface area contributed by atoms with Crippen LogP contribution in [0.15, 0.2) is 79.7 Å². The highest BCUT2D eigenvalue weighted by Gasteiger charge is 2.47. The van der Waals surface area contributed by atoms with Crippen LogP contribution in [0.4, 0.5) is 9.59 Å². The van der Waals surface area contributed by atoms with E-state index in [1.54, 1.807) is 22.7 Å². The van der Waals surface area contributed by atoms with Gasteiger partial charge in [0.15, 0.2) is 11.2 Å². The number of amides is 2. The maximum absolute atomic E-state index is 12.8. The summed E-state index contributed by atoms with van der Waals surface area (Å²) in [6.45, 7) is 25.1. The predicted octanol–water partition coefficient (Wildman–Crippen LogP) is 12.3. The van der Waals surface area contributed by atoms with Crippen LogP contribution in [0.1, 0.15) is 117 Å². The van der Waals surface area contributed by atoms with Crippen molar-refractivity contribution >= 4 is 62.2 Å². The maximum atomic E-state index is 12.8. The number of carbonyl (C=O) groups excluding carboxylic acids is 2. The predicted molar refractivity (Wildman–Crippen MR) is 255 cm³/mol. The highest BCUT2D eigenvalue weighted by atomic mass is 79.9. The molecule has 0 aliphatic carbocycles. The van der Waals surface area contributed by atoms with E-state index in [1.807, 2.05) is 113 Å². The summed E-state index contributed by atoms with van der Waals surface area (Å²) < 4.78 is 12.3. The van der Waals surface area contributed by atoms with Crippen molar-refractivity contribution in [3.05, 3.63) is 91.9 Å². The van der Waals surface area contributed by atoms with Gasteiger partial charge in [-0.05, 0) is 123 Å². The zero-order chi connectivity index (χ0) is 45.9. The van der Waals surface area contributed by atoms with Gasteiger partial charge in [-0.15, -0.1) is 22.7 Å². The normalized spacial score (nSPS) is 25.5. The third-order valence-electron chi connectivity index (χ3n) is 11.3. The molecular formula is C48H63BrN6O6S2. The van der Waals surface area contributed by atoms with Gasteiger partial charge < -0.3 is 19.1 Å². The second-order valence-corrected chi connectivity index (χ2v) is 22.1. The van der Waals surface area contributed by atoms with Crippen molar-refractivity contribution in [3.8, 4) is 10.4 Å². The minimum atomic E-state index is -0.540. The first-order valence-corrected chi connectivity index (χ1v) is 24.2. The number of carbonyl (C=O) groups is 2. The van der Waals surface area contributed by atoms with Crippen molar-refractivity contribution in [1.82, 2.24) is 19.8 Å². The SMILES string of the molecule is C[C@@H]1C[C@@H](C2=NOC(C)(c3ccc(Br)cc3)C2)N(C(=O)OC(C)(C)C)C1.Cc1cscn1.Cc1ncsc1-c1ccc(C2(C)CC([C@@H]3C[C@@H](C)CN3C(=O)OC(C)(C)C)=NO2)cc1. The van der Waals surface area contributed by atoms with Gasteiger partial charge in [0.25, 0.3) is 0 Å². The Bertz CT molecular complexity index is 2250. The van der Waals surface area contributed by atoms with E-state index in [9.17, 15) is 9.59 Å². The van der Waals surface area contributed by atoms with Crippen LogP contribution < -0.4 is 0 Å². The first-order chi connectivity index (χ1) is 29.5. The average Bonchev–Trinajstić information content (AvgIpc) is 4.07. The molecule has 2 fully saturated rings. The molecule has 4 aromatic rings. The summed E-state index contributed by atoms with van der Waals surface area (Å²) in [5, 5.41) is 10.9. The molecule has 2 unspecified atom stereocenters. The number of hydrogen-bond acceptors (Lipinski definition) is 12. The highest BCUT2D eigenvalue weighted by molar-refractivity contribution is 9.10. The van der Waals surface area contributed by atoms with Crippen molar-refractivity contribution in [2.24, 2.45) is 22.1 Å². The van der Waals surface area contributed by atoms with E-state index in [-0.39, 0.29) is 24.3 Å². The number of aryl methyl sites for hydroxylation is 2. The van der Waals surface area contributed by atoms with Gasteiger partial charge in [-0.1, -0.05) is 76.5 Å². The lowest BCUT2D eigenvalue weighted by Gasteiger charge is -2.29. The van der Waals surface area contributed by atoms with Gasteiger partial charge >= 0.3 is 12.2 Å². The molecule has 0 spiro atoms. The molecule has 4 aliphatic heterocycles. The summed E-state index contributed by atoms with van der Waals surface area (Å²) in [4.78, 5) is 50.3. The van der Waals surface area contributed by atoms with Gasteiger partial charge in [-0.3, -0.25) is 14.8 Å². The van der Waals surface area contributed by atoms with Gasteiger partial charge in [-0.25, -0.2) is 14.6 Å². The fraction of sp³-hybridized carbons (Fsp3) is 0.542. The highest BCUT2D eigenvalue weighted by Crippen LogP contribution is 2.41. The van der Waals surface area contributed by atoms with E-state index < -0.39 is 22.4 Å². The zero-order valence-corrected chi connectivity index (χ0v) is 41.9. The molecule has 2 aromatic heterocycles. The molecule has 6 atom stereocenters. The minimum Gasteiger partial charge on any atom is -0.444 e. The lowest BCUT2D eigenvalue weighted by Crippen LogP contribution is -2.43. The number of ether oxygens (including phenoxy) is 2. The molecule has 4 aliphatic rings. The Kier molecular flexibility index (Phi) is 14.8. The molecule has 2 aromatic carbocycles. The summed E-state index contributed by atoms with van der Waals surface area (Å²) in [7, 11) is 0. The number of likely N-dealkylation sites (tertiary alicyclic amines) is 2. The third-order valence-corrected chi connectivity index (χ3v) is 13.5. The number of thiazole rings is 2.